The zero-order valence-corrected chi connectivity index (χ0v) is 17.0. The molecule has 4 rings (SSSR count). The highest BCUT2D eigenvalue weighted by molar-refractivity contribution is 7.16. The van der Waals surface area contributed by atoms with Gasteiger partial charge in [-0.3, -0.25) is 0 Å². The molecule has 1 atom stereocenters. The summed E-state index contributed by atoms with van der Waals surface area (Å²) in [6.45, 7) is 2.57. The Morgan fingerprint density at radius 1 is 1.34 bits per heavy atom. The molecule has 2 amide bonds. The van der Waals surface area contributed by atoms with Gasteiger partial charge in [-0.05, 0) is 37.8 Å². The van der Waals surface area contributed by atoms with E-state index in [1.54, 1.807) is 19.3 Å². The van der Waals surface area contributed by atoms with Crippen molar-refractivity contribution >= 4 is 17.4 Å². The molecule has 8 nitrogen and oxygen atoms in total. The van der Waals surface area contributed by atoms with E-state index in [-0.39, 0.29) is 12.1 Å². The Kier molecular flexibility index (Phi) is 5.66. The molecular formula is C20H22N4O4S. The van der Waals surface area contributed by atoms with Gasteiger partial charge in [0.15, 0.2) is 5.76 Å². The van der Waals surface area contributed by atoms with Crippen LogP contribution in [0.25, 0.3) is 10.6 Å². The molecule has 0 saturated heterocycles. The lowest BCUT2D eigenvalue weighted by Gasteiger charge is -2.09. The van der Waals surface area contributed by atoms with Crippen molar-refractivity contribution in [1.82, 2.24) is 20.8 Å². The number of hydrogen-bond acceptors (Lipinski definition) is 7. The molecule has 3 aromatic rings. The van der Waals surface area contributed by atoms with Gasteiger partial charge in [0, 0.05) is 19.2 Å². The van der Waals surface area contributed by atoms with E-state index in [0.29, 0.717) is 28.3 Å². The zero-order valence-electron chi connectivity index (χ0n) is 16.2. The third-order valence-electron chi connectivity index (χ3n) is 4.46. The second-order valence-electron chi connectivity index (χ2n) is 6.88. The number of urea groups is 1. The van der Waals surface area contributed by atoms with Gasteiger partial charge in [-0.15, -0.1) is 0 Å². The van der Waals surface area contributed by atoms with Crippen LogP contribution in [-0.2, 0) is 0 Å². The van der Waals surface area contributed by atoms with E-state index in [1.165, 1.54) is 24.2 Å². The van der Waals surface area contributed by atoms with Gasteiger partial charge < -0.3 is 24.6 Å². The van der Waals surface area contributed by atoms with Crippen molar-refractivity contribution in [3.8, 4) is 27.3 Å². The van der Waals surface area contributed by atoms with Gasteiger partial charge in [0.05, 0.1) is 23.7 Å². The van der Waals surface area contributed by atoms with Crippen molar-refractivity contribution in [3.05, 3.63) is 42.3 Å². The minimum atomic E-state index is -0.307. The van der Waals surface area contributed by atoms with Crippen molar-refractivity contribution in [2.75, 3.05) is 13.7 Å². The highest BCUT2D eigenvalue weighted by Gasteiger charge is 2.22. The lowest BCUT2D eigenvalue weighted by Crippen LogP contribution is -2.34. The molecule has 0 radical (unpaired) electrons. The lowest BCUT2D eigenvalue weighted by molar-refractivity contribution is 0.237. The minimum Gasteiger partial charge on any atom is -0.493 e. The quantitative estimate of drug-likeness (QED) is 0.568. The van der Waals surface area contributed by atoms with Gasteiger partial charge in [0.1, 0.15) is 17.2 Å². The molecule has 1 unspecified atom stereocenters. The molecular weight excluding hydrogens is 392 g/mol. The smallest absolute Gasteiger partial charge is 0.315 e. The van der Waals surface area contributed by atoms with Crippen molar-refractivity contribution in [2.24, 2.45) is 5.92 Å². The van der Waals surface area contributed by atoms with Gasteiger partial charge in [0.25, 0.3) is 5.19 Å². The van der Waals surface area contributed by atoms with E-state index in [1.807, 2.05) is 31.2 Å². The molecule has 0 aliphatic heterocycles. The molecule has 1 aliphatic carbocycles. The molecule has 0 bridgehead atoms. The fourth-order valence-electron chi connectivity index (χ4n) is 2.60. The van der Waals surface area contributed by atoms with Crippen LogP contribution in [0.2, 0.25) is 0 Å². The van der Waals surface area contributed by atoms with E-state index in [4.69, 9.17) is 14.0 Å². The van der Waals surface area contributed by atoms with Crippen molar-refractivity contribution in [1.29, 1.82) is 0 Å². The summed E-state index contributed by atoms with van der Waals surface area (Å²) < 4.78 is 17.0. The van der Waals surface area contributed by atoms with Crippen LogP contribution in [0.3, 0.4) is 0 Å². The molecule has 1 fully saturated rings. The van der Waals surface area contributed by atoms with Gasteiger partial charge in [-0.1, -0.05) is 22.6 Å². The maximum atomic E-state index is 11.4. The Morgan fingerprint density at radius 3 is 2.97 bits per heavy atom. The van der Waals surface area contributed by atoms with E-state index < -0.39 is 0 Å². The molecule has 0 spiro atoms. The molecule has 152 valence electrons. The van der Waals surface area contributed by atoms with Crippen LogP contribution in [-0.4, -0.2) is 29.8 Å². The van der Waals surface area contributed by atoms with Crippen LogP contribution in [0.4, 0.5) is 4.79 Å². The average Bonchev–Trinajstić information content (AvgIpc) is 3.21. The Bertz CT molecular complexity index is 982. The lowest BCUT2D eigenvalue weighted by atomic mass is 10.2. The van der Waals surface area contributed by atoms with Crippen molar-refractivity contribution in [3.63, 3.8) is 0 Å². The monoisotopic (exact) mass is 414 g/mol. The Labute approximate surface area is 172 Å². The Hall–Kier alpha value is -3.07. The highest BCUT2D eigenvalue weighted by Crippen LogP contribution is 2.35. The number of nitrogens with one attached hydrogen (secondary N) is 2. The summed E-state index contributed by atoms with van der Waals surface area (Å²) in [4.78, 5) is 16.6. The summed E-state index contributed by atoms with van der Waals surface area (Å²) in [5.41, 5.74) is 0.638. The maximum absolute atomic E-state index is 11.4. The standard InChI is InChI=1S/C20H22N4O4S/c1-12(23-19(25)21-2)17-9-16(24-28-17)18-10-22-20(29-18)27-15-5-3-4-14(8-15)26-11-13-6-7-13/h3-5,8-10,12-13H,6-7,11H2,1-2H3,(H2,21,23,25). The predicted molar refractivity (Wildman–Crippen MR) is 108 cm³/mol. The van der Waals surface area contributed by atoms with E-state index >= 15 is 0 Å². The third kappa shape index (κ3) is 5.05. The zero-order chi connectivity index (χ0) is 20.2. The number of carbonyl (C=O) groups excluding carboxylic acids is 1. The molecule has 2 aromatic heterocycles. The average molecular weight is 414 g/mol. The van der Waals surface area contributed by atoms with Crippen LogP contribution in [0.15, 0.2) is 41.1 Å². The topological polar surface area (TPSA) is 98.5 Å². The highest BCUT2D eigenvalue weighted by atomic mass is 32.1. The molecule has 9 heteroatoms. The minimum absolute atomic E-state index is 0.285. The second-order valence-corrected chi connectivity index (χ2v) is 7.87. The Balaban J connectivity index is 1.39. The van der Waals surface area contributed by atoms with Crippen LogP contribution in [0.1, 0.15) is 31.6 Å². The summed E-state index contributed by atoms with van der Waals surface area (Å²) in [6.07, 6.45) is 4.19. The van der Waals surface area contributed by atoms with Gasteiger partial charge >= 0.3 is 6.03 Å². The maximum Gasteiger partial charge on any atom is 0.315 e. The third-order valence-corrected chi connectivity index (χ3v) is 5.36. The van der Waals surface area contributed by atoms with Crippen molar-refractivity contribution in [2.45, 2.75) is 25.8 Å². The fraction of sp³-hybridized carbons (Fsp3) is 0.350. The number of hydrogen-bond donors (Lipinski definition) is 2. The number of benzene rings is 1. The summed E-state index contributed by atoms with van der Waals surface area (Å²) in [6, 6.07) is 8.74. The van der Waals surface area contributed by atoms with Crippen LogP contribution in [0, 0.1) is 5.92 Å². The predicted octanol–water partition coefficient (Wildman–Crippen LogP) is 4.37. The van der Waals surface area contributed by atoms with Crippen molar-refractivity contribution < 1.29 is 18.8 Å². The molecule has 29 heavy (non-hydrogen) atoms. The molecule has 1 aromatic carbocycles. The summed E-state index contributed by atoms with van der Waals surface area (Å²) in [5, 5.41) is 9.82. The number of aromatic nitrogens is 2. The van der Waals surface area contributed by atoms with Crippen LogP contribution in [0.5, 0.6) is 16.7 Å². The number of carbonyl (C=O) groups is 1. The van der Waals surface area contributed by atoms with E-state index in [0.717, 1.165) is 17.2 Å². The van der Waals surface area contributed by atoms with E-state index in [2.05, 4.69) is 20.8 Å². The largest absolute Gasteiger partial charge is 0.493 e. The number of thiazole rings is 1. The summed E-state index contributed by atoms with van der Waals surface area (Å²) in [7, 11) is 1.56. The van der Waals surface area contributed by atoms with Gasteiger partial charge in [-0.2, -0.15) is 0 Å². The van der Waals surface area contributed by atoms with Crippen LogP contribution >= 0.6 is 11.3 Å². The molecule has 1 aliphatic rings. The number of amides is 2. The first kappa shape index (κ1) is 19.3. The summed E-state index contributed by atoms with van der Waals surface area (Å²) >= 11 is 1.36. The number of rotatable bonds is 8. The normalized spacial score (nSPS) is 14.3. The number of ether oxygens (including phenoxy) is 2. The second kappa shape index (κ2) is 8.52. The Morgan fingerprint density at radius 2 is 2.17 bits per heavy atom. The first-order valence-electron chi connectivity index (χ1n) is 9.42. The SMILES string of the molecule is CNC(=O)NC(C)c1cc(-c2cnc(Oc3cccc(OCC4CC4)c3)s2)no1. The van der Waals surface area contributed by atoms with Gasteiger partial charge in [-0.25, -0.2) is 9.78 Å². The van der Waals surface area contributed by atoms with Crippen LogP contribution < -0.4 is 20.1 Å². The molecule has 2 heterocycles. The van der Waals surface area contributed by atoms with E-state index in [9.17, 15) is 4.79 Å². The molecule has 2 N–H and O–H groups in total. The first-order valence-corrected chi connectivity index (χ1v) is 10.2. The summed E-state index contributed by atoms with van der Waals surface area (Å²) in [5.74, 6) is 2.72. The fourth-order valence-corrected chi connectivity index (χ4v) is 3.34. The number of nitrogens with zero attached hydrogens (tertiary/aromatic N) is 2. The van der Waals surface area contributed by atoms with Gasteiger partial charge in [0.2, 0.25) is 0 Å². The first-order chi connectivity index (χ1) is 14.1. The molecule has 1 saturated carbocycles.